The number of fused-ring (bicyclic) bond motifs is 5. The number of hydrogen-bond acceptors (Lipinski definition) is 0. The second kappa shape index (κ2) is 11.3. The van der Waals surface area contributed by atoms with Crippen LogP contribution in [0.3, 0.4) is 0 Å². The van der Waals surface area contributed by atoms with Gasteiger partial charge < -0.3 is 0 Å². The average Bonchev–Trinajstić information content (AvgIpc) is 3.26. The van der Waals surface area contributed by atoms with E-state index in [2.05, 4.69) is 162 Å². The molecule has 6 aromatic rings. The summed E-state index contributed by atoms with van der Waals surface area (Å²) in [5, 5.41) is 5.23. The fourth-order valence-corrected chi connectivity index (χ4v) is 6.63. The fraction of sp³-hybridized carbons (Fsp3) is 0.143. The highest BCUT2D eigenvalue weighted by Gasteiger charge is 2.35. The molecule has 0 nitrogen and oxygen atoms in total. The summed E-state index contributed by atoms with van der Waals surface area (Å²) < 4.78 is 0. The van der Waals surface area contributed by atoms with Crippen molar-refractivity contribution in [2.45, 2.75) is 39.5 Å². The largest absolute Gasteiger partial charge is 0.0984 e. The van der Waals surface area contributed by atoms with Crippen molar-refractivity contribution in [3.8, 4) is 22.3 Å². The number of allylic oxidation sites excluding steroid dienone is 1. The van der Waals surface area contributed by atoms with E-state index in [1.165, 1.54) is 71.6 Å². The van der Waals surface area contributed by atoms with Crippen LogP contribution in [0.2, 0.25) is 0 Å². The minimum absolute atomic E-state index is 0.0108. The molecule has 206 valence electrons. The van der Waals surface area contributed by atoms with Gasteiger partial charge in [-0.25, -0.2) is 0 Å². The summed E-state index contributed by atoms with van der Waals surface area (Å²) in [6, 6.07) is 41.4. The van der Waals surface area contributed by atoms with E-state index in [1.54, 1.807) is 0 Å². The molecular weight excluding hydrogens is 504 g/mol. The Morgan fingerprint density at radius 2 is 1.21 bits per heavy atom. The molecule has 0 heteroatoms. The van der Waals surface area contributed by atoms with Crippen molar-refractivity contribution in [1.82, 2.24) is 0 Å². The zero-order valence-electron chi connectivity index (χ0n) is 25.1. The minimum Gasteiger partial charge on any atom is -0.0984 e. The Labute approximate surface area is 250 Å². The van der Waals surface area contributed by atoms with Gasteiger partial charge >= 0.3 is 0 Å². The van der Waals surface area contributed by atoms with Crippen LogP contribution in [-0.2, 0) is 5.41 Å². The van der Waals surface area contributed by atoms with Crippen LogP contribution < -0.4 is 0 Å². The molecule has 1 aliphatic carbocycles. The molecule has 6 aromatic carbocycles. The first-order chi connectivity index (χ1) is 20.5. The van der Waals surface area contributed by atoms with Gasteiger partial charge in [-0.3, -0.25) is 0 Å². The van der Waals surface area contributed by atoms with E-state index in [4.69, 9.17) is 0 Å². The molecule has 0 fully saturated rings. The molecule has 42 heavy (non-hydrogen) atoms. The van der Waals surface area contributed by atoms with E-state index in [1.807, 2.05) is 6.08 Å². The summed E-state index contributed by atoms with van der Waals surface area (Å²) in [6.45, 7) is 13.3. The average molecular weight is 543 g/mol. The normalized spacial score (nSPS) is 13.0. The maximum atomic E-state index is 4.18. The molecule has 0 spiro atoms. The van der Waals surface area contributed by atoms with Crippen LogP contribution in [0.25, 0.3) is 56.0 Å². The summed E-state index contributed by atoms with van der Waals surface area (Å²) in [4.78, 5) is 0. The third-order valence-corrected chi connectivity index (χ3v) is 8.82. The summed E-state index contributed by atoms with van der Waals surface area (Å²) >= 11 is 0. The first-order valence-corrected chi connectivity index (χ1v) is 15.0. The fourth-order valence-electron chi connectivity index (χ4n) is 6.63. The molecular formula is C42H38. The van der Waals surface area contributed by atoms with E-state index in [-0.39, 0.29) is 5.41 Å². The molecule has 0 aromatic heterocycles. The Balaban J connectivity index is 0.000000265. The summed E-state index contributed by atoms with van der Waals surface area (Å²) in [5.74, 6) is 0. The van der Waals surface area contributed by atoms with Crippen LogP contribution in [0.1, 0.15) is 55.0 Å². The monoisotopic (exact) mass is 542 g/mol. The SMILES string of the molecule is C=Cc1c(/C=C\CC)c(-c2ccc3c(c2)C(C)(C)c2ccccc2-3)c2ccccc2c1C.c1ccc2ccccc2c1. The molecule has 0 unspecified atom stereocenters. The van der Waals surface area contributed by atoms with Gasteiger partial charge in [-0.15, -0.1) is 0 Å². The lowest BCUT2D eigenvalue weighted by atomic mass is 9.80. The Kier molecular flexibility index (Phi) is 7.40. The van der Waals surface area contributed by atoms with E-state index >= 15 is 0 Å². The Morgan fingerprint density at radius 3 is 1.86 bits per heavy atom. The number of rotatable bonds is 4. The van der Waals surface area contributed by atoms with E-state index < -0.39 is 0 Å². The molecule has 0 aliphatic heterocycles. The first-order valence-electron chi connectivity index (χ1n) is 15.0. The van der Waals surface area contributed by atoms with Gasteiger partial charge in [-0.1, -0.05) is 155 Å². The van der Waals surface area contributed by atoms with Gasteiger partial charge in [-0.05, 0) is 91.0 Å². The van der Waals surface area contributed by atoms with E-state index in [0.717, 1.165) is 6.42 Å². The molecule has 0 amide bonds. The number of aryl methyl sites for hydroxylation is 1. The molecule has 0 saturated carbocycles. The topological polar surface area (TPSA) is 0 Å². The van der Waals surface area contributed by atoms with Crippen molar-refractivity contribution in [2.24, 2.45) is 0 Å². The van der Waals surface area contributed by atoms with Crippen LogP contribution in [0.4, 0.5) is 0 Å². The van der Waals surface area contributed by atoms with Crippen LogP contribution in [0.5, 0.6) is 0 Å². The van der Waals surface area contributed by atoms with Gasteiger partial charge in [0.25, 0.3) is 0 Å². The molecule has 0 radical (unpaired) electrons. The van der Waals surface area contributed by atoms with Crippen LogP contribution in [0.15, 0.2) is 128 Å². The van der Waals surface area contributed by atoms with Gasteiger partial charge in [0, 0.05) is 5.41 Å². The lowest BCUT2D eigenvalue weighted by molar-refractivity contribution is 0.660. The Hall–Kier alpha value is -4.68. The van der Waals surface area contributed by atoms with Gasteiger partial charge in [-0.2, -0.15) is 0 Å². The van der Waals surface area contributed by atoms with Gasteiger partial charge in [0.05, 0.1) is 0 Å². The molecule has 1 aliphatic rings. The predicted octanol–water partition coefficient (Wildman–Crippen LogP) is 12.0. The lowest BCUT2D eigenvalue weighted by Crippen LogP contribution is -2.15. The molecule has 0 saturated heterocycles. The second-order valence-corrected chi connectivity index (χ2v) is 11.7. The first kappa shape index (κ1) is 27.5. The van der Waals surface area contributed by atoms with Gasteiger partial charge in [0.2, 0.25) is 0 Å². The molecule has 7 rings (SSSR count). The Morgan fingerprint density at radius 1 is 0.643 bits per heavy atom. The molecule has 0 heterocycles. The summed E-state index contributed by atoms with van der Waals surface area (Å²) in [5.41, 5.74) is 11.9. The highest BCUT2D eigenvalue weighted by molar-refractivity contribution is 6.05. The van der Waals surface area contributed by atoms with Crippen LogP contribution >= 0.6 is 0 Å². The van der Waals surface area contributed by atoms with E-state index in [0.29, 0.717) is 0 Å². The van der Waals surface area contributed by atoms with Crippen LogP contribution in [-0.4, -0.2) is 0 Å². The van der Waals surface area contributed by atoms with Crippen LogP contribution in [0, 0.1) is 6.92 Å². The predicted molar refractivity (Wildman–Crippen MR) is 185 cm³/mol. The summed E-state index contributed by atoms with van der Waals surface area (Å²) in [6.07, 6.45) is 7.58. The van der Waals surface area contributed by atoms with Crippen molar-refractivity contribution in [3.05, 3.63) is 156 Å². The zero-order valence-corrected chi connectivity index (χ0v) is 25.1. The smallest absolute Gasteiger partial charge is 0.0159 e. The summed E-state index contributed by atoms with van der Waals surface area (Å²) in [7, 11) is 0. The van der Waals surface area contributed by atoms with Crippen molar-refractivity contribution >= 4 is 33.7 Å². The maximum absolute atomic E-state index is 4.18. The van der Waals surface area contributed by atoms with Crippen molar-refractivity contribution in [3.63, 3.8) is 0 Å². The minimum atomic E-state index is -0.0108. The zero-order chi connectivity index (χ0) is 29.3. The third kappa shape index (κ3) is 4.68. The van der Waals surface area contributed by atoms with Gasteiger partial charge in [0.15, 0.2) is 0 Å². The highest BCUT2D eigenvalue weighted by atomic mass is 14.4. The van der Waals surface area contributed by atoms with Crippen molar-refractivity contribution in [1.29, 1.82) is 0 Å². The maximum Gasteiger partial charge on any atom is 0.0159 e. The van der Waals surface area contributed by atoms with Crippen molar-refractivity contribution in [2.75, 3.05) is 0 Å². The standard InChI is InChI=1S/C32H30.C10H8/c1-6-8-13-27-23(7-2)21(3)24-14-9-10-16-28(24)31(27)22-18-19-26-25-15-11-12-17-29(25)32(4,5)30(26)20-22;1-2-6-10-8-4-3-7-9(10)5-1/h7-20H,2,6H2,1,3-5H3;1-8H/b13-8-;. The molecule has 0 atom stereocenters. The van der Waals surface area contributed by atoms with Crippen molar-refractivity contribution < 1.29 is 0 Å². The number of benzene rings is 6. The number of hydrogen-bond donors (Lipinski definition) is 0. The Bertz CT molecular complexity index is 1900. The van der Waals surface area contributed by atoms with Gasteiger partial charge in [0.1, 0.15) is 0 Å². The van der Waals surface area contributed by atoms with E-state index in [9.17, 15) is 0 Å². The molecule has 0 bridgehead atoms. The highest BCUT2D eigenvalue weighted by Crippen LogP contribution is 2.50. The molecule has 0 N–H and O–H groups in total. The second-order valence-electron chi connectivity index (χ2n) is 11.7. The quantitative estimate of drug-likeness (QED) is 0.208. The third-order valence-electron chi connectivity index (χ3n) is 8.82. The lowest BCUT2D eigenvalue weighted by Gasteiger charge is -2.23.